The van der Waals surface area contributed by atoms with Gasteiger partial charge in [-0.25, -0.2) is 10.1 Å². The minimum absolute atomic E-state index is 0.0815. The molecule has 0 aliphatic heterocycles. The molecule has 0 aliphatic rings. The van der Waals surface area contributed by atoms with Crippen molar-refractivity contribution in [1.29, 1.82) is 0 Å². The van der Waals surface area contributed by atoms with Crippen LogP contribution in [0.2, 0.25) is 10.0 Å². The Bertz CT molecular complexity index is 1150. The second kappa shape index (κ2) is 7.92. The molecule has 0 unspecified atom stereocenters. The van der Waals surface area contributed by atoms with Gasteiger partial charge in [0, 0.05) is 5.69 Å². The van der Waals surface area contributed by atoms with E-state index < -0.39 is 5.91 Å². The normalized spacial score (nSPS) is 11.5. The van der Waals surface area contributed by atoms with Gasteiger partial charge in [0.1, 0.15) is 5.75 Å². The molecule has 0 saturated carbocycles. The summed E-state index contributed by atoms with van der Waals surface area (Å²) in [5.41, 5.74) is 3.77. The van der Waals surface area contributed by atoms with Crippen molar-refractivity contribution in [3.8, 4) is 11.4 Å². The quantitative estimate of drug-likeness (QED) is 0.445. The van der Waals surface area contributed by atoms with Crippen LogP contribution in [0.5, 0.6) is 5.75 Å². The number of carbonyl (C=O) groups is 1. The van der Waals surface area contributed by atoms with Gasteiger partial charge < -0.3 is 5.11 Å². The average molecular weight is 419 g/mol. The molecule has 3 N–H and O–H groups in total. The van der Waals surface area contributed by atoms with E-state index in [-0.39, 0.29) is 16.9 Å². The van der Waals surface area contributed by atoms with E-state index >= 15 is 0 Å². The van der Waals surface area contributed by atoms with Crippen molar-refractivity contribution < 1.29 is 9.90 Å². The Morgan fingerprint density at radius 3 is 2.57 bits per heavy atom. The van der Waals surface area contributed by atoms with Crippen molar-refractivity contribution in [2.24, 2.45) is 5.10 Å². The molecule has 0 atom stereocenters. The van der Waals surface area contributed by atoms with Gasteiger partial charge in [-0.15, -0.1) is 0 Å². The van der Waals surface area contributed by atoms with Crippen LogP contribution in [0, 0.1) is 6.92 Å². The summed E-state index contributed by atoms with van der Waals surface area (Å²) in [5.74, 6) is -0.747. The molecule has 1 aromatic heterocycles. The summed E-state index contributed by atoms with van der Waals surface area (Å²) in [6, 6.07) is 10.9. The Morgan fingerprint density at radius 1 is 1.18 bits per heavy atom. The number of aromatic amines is 1. The van der Waals surface area contributed by atoms with Crippen LogP contribution >= 0.6 is 23.2 Å². The van der Waals surface area contributed by atoms with Crippen LogP contribution < -0.4 is 11.0 Å². The van der Waals surface area contributed by atoms with Gasteiger partial charge in [0.05, 0.1) is 32.6 Å². The maximum atomic E-state index is 12.8. The largest absolute Gasteiger partial charge is 0.507 e. The molecule has 0 bridgehead atoms. The fraction of sp³-hybridized carbons (Fsp3) is 0.105. The van der Waals surface area contributed by atoms with Crippen LogP contribution in [-0.2, 0) is 0 Å². The smallest absolute Gasteiger partial charge is 0.280 e. The first-order valence-electron chi connectivity index (χ1n) is 8.19. The Labute approximate surface area is 170 Å². The van der Waals surface area contributed by atoms with E-state index in [1.165, 1.54) is 16.8 Å². The number of para-hydroxylation sites is 1. The number of aromatic hydroxyl groups is 1. The summed E-state index contributed by atoms with van der Waals surface area (Å²) in [5, 5.41) is 17.4. The van der Waals surface area contributed by atoms with Crippen molar-refractivity contribution in [1.82, 2.24) is 15.2 Å². The molecule has 1 heterocycles. The predicted octanol–water partition coefficient (Wildman–Crippen LogP) is 3.64. The average Bonchev–Trinajstić information content (AvgIpc) is 2.96. The minimum atomic E-state index is -0.588. The molecule has 28 heavy (non-hydrogen) atoms. The molecule has 0 spiro atoms. The van der Waals surface area contributed by atoms with Crippen LogP contribution in [0.25, 0.3) is 5.69 Å². The van der Waals surface area contributed by atoms with Gasteiger partial charge in [-0.05, 0) is 44.2 Å². The highest BCUT2D eigenvalue weighted by atomic mass is 35.5. The van der Waals surface area contributed by atoms with Crippen molar-refractivity contribution in [2.45, 2.75) is 13.8 Å². The molecular weight excluding hydrogens is 403 g/mol. The first-order valence-corrected chi connectivity index (χ1v) is 8.95. The molecule has 0 aliphatic carbocycles. The SMILES string of the molecule is C/C(=N\NC(=O)c1ccccc1O)c1c(C)[nH]n(-c2ccc(Cl)c(Cl)c2)c1=O. The van der Waals surface area contributed by atoms with E-state index in [9.17, 15) is 14.7 Å². The van der Waals surface area contributed by atoms with Gasteiger partial charge in [-0.3, -0.25) is 14.7 Å². The highest BCUT2D eigenvalue weighted by Gasteiger charge is 2.17. The van der Waals surface area contributed by atoms with Gasteiger partial charge in [-0.1, -0.05) is 35.3 Å². The third-order valence-corrected chi connectivity index (χ3v) is 4.81. The number of nitrogens with zero attached hydrogens (tertiary/aromatic N) is 2. The highest BCUT2D eigenvalue weighted by molar-refractivity contribution is 6.42. The molecule has 3 aromatic rings. The van der Waals surface area contributed by atoms with E-state index in [0.29, 0.717) is 32.7 Å². The van der Waals surface area contributed by atoms with E-state index in [4.69, 9.17) is 23.2 Å². The molecule has 0 radical (unpaired) electrons. The first kappa shape index (κ1) is 19.7. The molecule has 0 saturated heterocycles. The second-order valence-electron chi connectivity index (χ2n) is 6.01. The number of H-pyrrole nitrogens is 1. The standard InChI is InChI=1S/C19H16Cl2N4O3/c1-10(22-23-18(27)13-5-3-4-6-16(13)26)17-11(2)24-25(19(17)28)12-7-8-14(20)15(21)9-12/h3-9,24,26H,1-2H3,(H,23,27)/b22-10+. The van der Waals surface area contributed by atoms with Crippen molar-refractivity contribution in [2.75, 3.05) is 0 Å². The zero-order valence-corrected chi connectivity index (χ0v) is 16.5. The number of benzene rings is 2. The Morgan fingerprint density at radius 2 is 1.89 bits per heavy atom. The number of phenolic OH excluding ortho intramolecular Hbond substituents is 1. The zero-order valence-electron chi connectivity index (χ0n) is 15.0. The lowest BCUT2D eigenvalue weighted by atomic mass is 10.2. The summed E-state index contributed by atoms with van der Waals surface area (Å²) in [6.07, 6.45) is 0. The topological polar surface area (TPSA) is 99.5 Å². The van der Waals surface area contributed by atoms with Crippen LogP contribution in [-0.4, -0.2) is 26.5 Å². The summed E-state index contributed by atoms with van der Waals surface area (Å²) in [7, 11) is 0. The van der Waals surface area contributed by atoms with Crippen molar-refractivity contribution in [3.63, 3.8) is 0 Å². The molecule has 9 heteroatoms. The molecule has 3 rings (SSSR count). The number of hydrazone groups is 1. The minimum Gasteiger partial charge on any atom is -0.507 e. The number of hydrogen-bond acceptors (Lipinski definition) is 4. The van der Waals surface area contributed by atoms with Crippen LogP contribution in [0.15, 0.2) is 52.4 Å². The molecule has 2 aromatic carbocycles. The highest BCUT2D eigenvalue weighted by Crippen LogP contribution is 2.24. The zero-order chi connectivity index (χ0) is 20.4. The van der Waals surface area contributed by atoms with E-state index in [0.717, 1.165) is 0 Å². The molecule has 144 valence electrons. The lowest BCUT2D eigenvalue weighted by molar-refractivity contribution is 0.0952. The van der Waals surface area contributed by atoms with Gasteiger partial charge in [0.2, 0.25) is 0 Å². The van der Waals surface area contributed by atoms with Crippen molar-refractivity contribution in [3.05, 3.63) is 79.7 Å². The third-order valence-electron chi connectivity index (χ3n) is 4.07. The fourth-order valence-corrected chi connectivity index (χ4v) is 2.99. The van der Waals surface area contributed by atoms with Gasteiger partial charge in [0.15, 0.2) is 0 Å². The number of phenols is 1. The molecular formula is C19H16Cl2N4O3. The number of halogens is 2. The van der Waals surface area contributed by atoms with Crippen LogP contribution in [0.4, 0.5) is 0 Å². The van der Waals surface area contributed by atoms with E-state index in [2.05, 4.69) is 15.6 Å². The number of aromatic nitrogens is 2. The number of amides is 1. The van der Waals surface area contributed by atoms with E-state index in [1.54, 1.807) is 44.2 Å². The van der Waals surface area contributed by atoms with Crippen molar-refractivity contribution >= 4 is 34.8 Å². The Balaban J connectivity index is 1.91. The third kappa shape index (κ3) is 3.81. The molecule has 0 fully saturated rings. The molecule has 1 amide bonds. The van der Waals surface area contributed by atoms with E-state index in [1.807, 2.05) is 0 Å². The maximum Gasteiger partial charge on any atom is 0.280 e. The maximum absolute atomic E-state index is 12.8. The predicted molar refractivity (Wildman–Crippen MR) is 109 cm³/mol. The first-order chi connectivity index (χ1) is 13.3. The summed E-state index contributed by atoms with van der Waals surface area (Å²) >= 11 is 11.9. The summed E-state index contributed by atoms with van der Waals surface area (Å²) < 4.78 is 1.32. The molecule has 7 nitrogen and oxygen atoms in total. The monoisotopic (exact) mass is 418 g/mol. The fourth-order valence-electron chi connectivity index (χ4n) is 2.70. The number of carbonyl (C=O) groups excluding carboxylic acids is 1. The number of hydrogen-bond donors (Lipinski definition) is 3. The van der Waals surface area contributed by atoms with Crippen LogP contribution in [0.3, 0.4) is 0 Å². The number of aryl methyl sites for hydroxylation is 1. The lowest BCUT2D eigenvalue weighted by Gasteiger charge is -2.04. The summed E-state index contributed by atoms with van der Waals surface area (Å²) in [6.45, 7) is 3.32. The number of rotatable bonds is 4. The second-order valence-corrected chi connectivity index (χ2v) is 6.82. The summed E-state index contributed by atoms with van der Waals surface area (Å²) in [4.78, 5) is 25.0. The Kier molecular flexibility index (Phi) is 5.58. The van der Waals surface area contributed by atoms with Crippen LogP contribution in [0.1, 0.15) is 28.5 Å². The lowest BCUT2D eigenvalue weighted by Crippen LogP contribution is -2.23. The van der Waals surface area contributed by atoms with Gasteiger partial charge in [0.25, 0.3) is 11.5 Å². The van der Waals surface area contributed by atoms with Gasteiger partial charge in [-0.2, -0.15) is 5.10 Å². The van der Waals surface area contributed by atoms with Gasteiger partial charge >= 0.3 is 0 Å². The number of nitrogens with one attached hydrogen (secondary N) is 2. The Hall–Kier alpha value is -3.03.